The fraction of sp³-hybridized carbons (Fsp3) is 0.0556. The second-order valence-electron chi connectivity index (χ2n) is 4.96. The van der Waals surface area contributed by atoms with E-state index in [2.05, 4.69) is 15.3 Å². The van der Waals surface area contributed by atoms with Crippen molar-refractivity contribution in [3.8, 4) is 11.4 Å². The van der Waals surface area contributed by atoms with E-state index < -0.39 is 0 Å². The Morgan fingerprint density at radius 2 is 1.87 bits per heavy atom. The summed E-state index contributed by atoms with van der Waals surface area (Å²) >= 11 is 5.89. The fourth-order valence-electron chi connectivity index (χ4n) is 2.11. The van der Waals surface area contributed by atoms with Gasteiger partial charge >= 0.3 is 0 Å². The lowest BCUT2D eigenvalue weighted by Gasteiger charge is -2.06. The number of nitrogens with zero attached hydrogens (tertiary/aromatic N) is 2. The number of aromatic nitrogens is 2. The number of carbonyl (C=O) groups excluding carboxylic acids is 1. The number of rotatable bonds is 4. The fourth-order valence-corrected chi connectivity index (χ4v) is 2.30. The Kier molecular flexibility index (Phi) is 4.64. The summed E-state index contributed by atoms with van der Waals surface area (Å²) in [5, 5.41) is 3.39. The molecule has 0 saturated heterocycles. The molecule has 0 aliphatic rings. The van der Waals surface area contributed by atoms with Gasteiger partial charge in [-0.3, -0.25) is 14.8 Å². The van der Waals surface area contributed by atoms with Crippen LogP contribution in [0.3, 0.4) is 0 Å². The highest BCUT2D eigenvalue weighted by molar-refractivity contribution is 6.30. The van der Waals surface area contributed by atoms with Crippen molar-refractivity contribution in [3.05, 3.63) is 83.1 Å². The van der Waals surface area contributed by atoms with Crippen molar-refractivity contribution in [1.82, 2.24) is 15.3 Å². The summed E-state index contributed by atoms with van der Waals surface area (Å²) in [6.45, 7) is 0.404. The number of nitrogens with one attached hydrogen (secondary N) is 1. The van der Waals surface area contributed by atoms with Crippen LogP contribution in [0.2, 0.25) is 5.02 Å². The molecule has 5 heteroatoms. The Bertz CT molecular complexity index is 804. The molecule has 2 aromatic heterocycles. The summed E-state index contributed by atoms with van der Waals surface area (Å²) in [5.74, 6) is -0.165. The Balaban J connectivity index is 1.64. The summed E-state index contributed by atoms with van der Waals surface area (Å²) in [7, 11) is 0. The molecule has 1 aromatic carbocycles. The summed E-state index contributed by atoms with van der Waals surface area (Å²) in [5.41, 5.74) is 3.08. The summed E-state index contributed by atoms with van der Waals surface area (Å²) in [4.78, 5) is 20.7. The quantitative estimate of drug-likeness (QED) is 0.796. The number of amides is 1. The van der Waals surface area contributed by atoms with Crippen LogP contribution in [0.5, 0.6) is 0 Å². The molecule has 0 aliphatic carbocycles. The van der Waals surface area contributed by atoms with Gasteiger partial charge in [-0.25, -0.2) is 0 Å². The van der Waals surface area contributed by atoms with Crippen molar-refractivity contribution in [1.29, 1.82) is 0 Å². The Labute approximate surface area is 139 Å². The van der Waals surface area contributed by atoms with Gasteiger partial charge in [0.2, 0.25) is 0 Å². The molecule has 2 heterocycles. The zero-order valence-electron chi connectivity index (χ0n) is 12.2. The molecule has 0 fully saturated rings. The Morgan fingerprint density at radius 3 is 2.57 bits per heavy atom. The first-order valence-corrected chi connectivity index (χ1v) is 7.50. The van der Waals surface area contributed by atoms with E-state index in [0.717, 1.165) is 17.0 Å². The number of hydrogen-bond donors (Lipinski definition) is 1. The van der Waals surface area contributed by atoms with Crippen LogP contribution in [-0.4, -0.2) is 15.9 Å². The van der Waals surface area contributed by atoms with Crippen LogP contribution in [-0.2, 0) is 6.54 Å². The largest absolute Gasteiger partial charge is 0.348 e. The predicted molar refractivity (Wildman–Crippen MR) is 90.1 cm³/mol. The van der Waals surface area contributed by atoms with Crippen molar-refractivity contribution >= 4 is 17.5 Å². The third-order valence-electron chi connectivity index (χ3n) is 3.29. The first-order valence-electron chi connectivity index (χ1n) is 7.12. The minimum Gasteiger partial charge on any atom is -0.348 e. The van der Waals surface area contributed by atoms with E-state index in [1.54, 1.807) is 36.7 Å². The second kappa shape index (κ2) is 7.03. The van der Waals surface area contributed by atoms with Crippen LogP contribution in [0.25, 0.3) is 11.4 Å². The average molecular weight is 324 g/mol. The molecular weight excluding hydrogens is 310 g/mol. The van der Waals surface area contributed by atoms with Gasteiger partial charge < -0.3 is 5.32 Å². The van der Waals surface area contributed by atoms with Crippen molar-refractivity contribution in [2.45, 2.75) is 6.54 Å². The average Bonchev–Trinajstić information content (AvgIpc) is 2.61. The van der Waals surface area contributed by atoms with Gasteiger partial charge in [0.15, 0.2) is 0 Å². The molecule has 0 saturated carbocycles. The molecule has 0 atom stereocenters. The zero-order chi connectivity index (χ0) is 16.1. The van der Waals surface area contributed by atoms with Crippen LogP contribution < -0.4 is 5.32 Å². The molecular formula is C18H14ClN3O. The smallest absolute Gasteiger partial charge is 0.251 e. The predicted octanol–water partition coefficient (Wildman–Crippen LogP) is 3.73. The molecule has 3 aromatic rings. The van der Waals surface area contributed by atoms with Crippen molar-refractivity contribution in [3.63, 3.8) is 0 Å². The van der Waals surface area contributed by atoms with E-state index in [1.165, 1.54) is 0 Å². The van der Waals surface area contributed by atoms with Gasteiger partial charge in [-0.1, -0.05) is 29.8 Å². The Morgan fingerprint density at radius 1 is 1.00 bits per heavy atom. The number of pyridine rings is 2. The van der Waals surface area contributed by atoms with E-state index in [1.807, 2.05) is 30.3 Å². The van der Waals surface area contributed by atoms with Crippen LogP contribution in [0, 0.1) is 0 Å². The second-order valence-corrected chi connectivity index (χ2v) is 5.40. The molecule has 1 N–H and O–H groups in total. The molecule has 4 nitrogen and oxygen atoms in total. The molecule has 0 bridgehead atoms. The zero-order valence-corrected chi connectivity index (χ0v) is 13.0. The van der Waals surface area contributed by atoms with Gasteiger partial charge in [0.25, 0.3) is 5.91 Å². The van der Waals surface area contributed by atoms with E-state index in [4.69, 9.17) is 11.6 Å². The first-order chi connectivity index (χ1) is 11.2. The molecule has 0 radical (unpaired) electrons. The minimum atomic E-state index is -0.165. The number of hydrogen-bond acceptors (Lipinski definition) is 3. The highest BCUT2D eigenvalue weighted by atomic mass is 35.5. The lowest BCUT2D eigenvalue weighted by Crippen LogP contribution is -2.22. The van der Waals surface area contributed by atoms with Gasteiger partial charge in [-0.15, -0.1) is 0 Å². The number of halogens is 1. The topological polar surface area (TPSA) is 54.9 Å². The highest BCUT2D eigenvalue weighted by Crippen LogP contribution is 2.14. The number of carbonyl (C=O) groups is 1. The SMILES string of the molecule is O=C(NCc1ccc(-c2ccccn2)nc1)c1cccc(Cl)c1. The lowest BCUT2D eigenvalue weighted by molar-refractivity contribution is 0.0951. The third-order valence-corrected chi connectivity index (χ3v) is 3.53. The monoisotopic (exact) mass is 323 g/mol. The van der Waals surface area contributed by atoms with Crippen LogP contribution in [0.15, 0.2) is 67.0 Å². The maximum absolute atomic E-state index is 12.1. The maximum atomic E-state index is 12.1. The van der Waals surface area contributed by atoms with Crippen LogP contribution in [0.4, 0.5) is 0 Å². The van der Waals surface area contributed by atoms with E-state index in [9.17, 15) is 4.79 Å². The van der Waals surface area contributed by atoms with E-state index in [0.29, 0.717) is 17.1 Å². The molecule has 0 spiro atoms. The molecule has 114 valence electrons. The van der Waals surface area contributed by atoms with Crippen LogP contribution in [0.1, 0.15) is 15.9 Å². The Hall–Kier alpha value is -2.72. The molecule has 23 heavy (non-hydrogen) atoms. The first kappa shape index (κ1) is 15.2. The van der Waals surface area contributed by atoms with Crippen molar-refractivity contribution in [2.75, 3.05) is 0 Å². The van der Waals surface area contributed by atoms with Gasteiger partial charge in [-0.05, 0) is 42.0 Å². The van der Waals surface area contributed by atoms with Crippen LogP contribution >= 0.6 is 11.6 Å². The lowest BCUT2D eigenvalue weighted by atomic mass is 10.2. The molecule has 0 unspecified atom stereocenters. The van der Waals surface area contributed by atoms with Crippen molar-refractivity contribution < 1.29 is 4.79 Å². The molecule has 3 rings (SSSR count). The highest BCUT2D eigenvalue weighted by Gasteiger charge is 2.06. The van der Waals surface area contributed by atoms with Gasteiger partial charge in [-0.2, -0.15) is 0 Å². The normalized spacial score (nSPS) is 10.3. The third kappa shape index (κ3) is 3.93. The van der Waals surface area contributed by atoms with Gasteiger partial charge in [0, 0.05) is 29.5 Å². The van der Waals surface area contributed by atoms with Gasteiger partial charge in [0.1, 0.15) is 0 Å². The maximum Gasteiger partial charge on any atom is 0.251 e. The van der Waals surface area contributed by atoms with E-state index >= 15 is 0 Å². The number of benzene rings is 1. The minimum absolute atomic E-state index is 0.165. The summed E-state index contributed by atoms with van der Waals surface area (Å²) in [6, 6.07) is 16.4. The van der Waals surface area contributed by atoms with Crippen molar-refractivity contribution in [2.24, 2.45) is 0 Å². The summed E-state index contributed by atoms with van der Waals surface area (Å²) < 4.78 is 0. The molecule has 0 aliphatic heterocycles. The standard InChI is InChI=1S/C18H14ClN3O/c19-15-5-3-4-14(10-15)18(23)22-12-13-7-8-17(21-11-13)16-6-1-2-9-20-16/h1-11H,12H2,(H,22,23). The summed E-state index contributed by atoms with van der Waals surface area (Å²) in [6.07, 6.45) is 3.47. The van der Waals surface area contributed by atoms with Gasteiger partial charge in [0.05, 0.1) is 11.4 Å². The van der Waals surface area contributed by atoms with E-state index in [-0.39, 0.29) is 5.91 Å². The molecule has 1 amide bonds.